The number of nitrogens with zero attached hydrogens (tertiary/aromatic N) is 5. The highest BCUT2D eigenvalue weighted by atomic mass is 32.2. The Morgan fingerprint density at radius 2 is 1.77 bits per heavy atom. The van der Waals surface area contributed by atoms with E-state index in [4.69, 9.17) is 10.8 Å². The van der Waals surface area contributed by atoms with Gasteiger partial charge in [0.05, 0.1) is 11.4 Å². The van der Waals surface area contributed by atoms with Gasteiger partial charge in [0.2, 0.25) is 10.0 Å². The lowest BCUT2D eigenvalue weighted by Crippen LogP contribution is -2.40. The van der Waals surface area contributed by atoms with E-state index in [9.17, 15) is 13.2 Å². The highest BCUT2D eigenvalue weighted by Crippen LogP contribution is 2.34. The van der Waals surface area contributed by atoms with Crippen LogP contribution < -0.4 is 5.73 Å². The lowest BCUT2D eigenvalue weighted by atomic mass is 10.0. The molecule has 0 radical (unpaired) electrons. The number of rotatable bonds is 6. The van der Waals surface area contributed by atoms with Gasteiger partial charge in [-0.15, -0.1) is 0 Å². The van der Waals surface area contributed by atoms with Crippen LogP contribution in [0.3, 0.4) is 0 Å². The van der Waals surface area contributed by atoms with Crippen molar-refractivity contribution in [2.75, 3.05) is 18.8 Å². The smallest absolute Gasteiger partial charge is 0.235 e. The van der Waals surface area contributed by atoms with Crippen molar-refractivity contribution in [1.82, 2.24) is 24.1 Å². The van der Waals surface area contributed by atoms with Crippen LogP contribution in [0.5, 0.6) is 0 Å². The van der Waals surface area contributed by atoms with Crippen molar-refractivity contribution in [2.24, 2.45) is 0 Å². The monoisotopic (exact) mass is 488 g/mol. The molecule has 0 aliphatic carbocycles. The molecular formula is C25H24N6O3S. The number of ketones is 1. The topological polar surface area (TPSA) is 124 Å². The van der Waals surface area contributed by atoms with E-state index in [1.165, 1.54) is 10.6 Å². The fourth-order valence-electron chi connectivity index (χ4n) is 4.44. The largest absolute Gasteiger partial charge is 0.383 e. The number of nitrogen functional groups attached to an aromatic ring is 1. The Bertz CT molecular complexity index is 1510. The Hall–Kier alpha value is -3.89. The summed E-state index contributed by atoms with van der Waals surface area (Å²) in [6.45, 7) is 4.13. The Balaban J connectivity index is 1.53. The van der Waals surface area contributed by atoms with Gasteiger partial charge in [-0.1, -0.05) is 61.2 Å². The van der Waals surface area contributed by atoms with Crippen LogP contribution in [0.15, 0.2) is 72.9 Å². The lowest BCUT2D eigenvalue weighted by Gasteiger charge is -2.31. The van der Waals surface area contributed by atoms with Crippen LogP contribution in [0.1, 0.15) is 34.8 Å². The fourth-order valence-corrected chi connectivity index (χ4v) is 5.42. The number of carbonyl (C=O) groups is 1. The maximum Gasteiger partial charge on any atom is 0.235 e. The normalized spacial score (nSPS) is 16.9. The average Bonchev–Trinajstić information content (AvgIpc) is 3.30. The first kappa shape index (κ1) is 22.9. The maximum atomic E-state index is 12.8. The summed E-state index contributed by atoms with van der Waals surface area (Å²) in [5.41, 5.74) is 9.29. The van der Waals surface area contributed by atoms with Gasteiger partial charge in [0.25, 0.3) is 0 Å². The molecule has 0 bridgehead atoms. The standard InChI is InChI=1S/C25H24N6O3S/c1-2-35(33,34)30-14-6-9-20(15-30)31-25-21(24(26)27-16-28-25)22(29-31)17-10-12-19(13-11-17)23(32)18-7-4-3-5-8-18/h2-5,7-8,10-13,16,20H,1,6,9,14-15H2,(H2,26,27,28)/t20-/m1/s1. The quantitative estimate of drug-likeness (QED) is 0.412. The summed E-state index contributed by atoms with van der Waals surface area (Å²) < 4.78 is 27.9. The number of hydrogen-bond acceptors (Lipinski definition) is 7. The third kappa shape index (κ3) is 4.22. The van der Waals surface area contributed by atoms with E-state index in [1.807, 2.05) is 30.3 Å². The van der Waals surface area contributed by atoms with E-state index < -0.39 is 10.0 Å². The first-order chi connectivity index (χ1) is 16.9. The highest BCUT2D eigenvalue weighted by molar-refractivity contribution is 7.92. The van der Waals surface area contributed by atoms with Gasteiger partial charge in [0.1, 0.15) is 17.8 Å². The molecule has 178 valence electrons. The van der Waals surface area contributed by atoms with E-state index in [0.717, 1.165) is 17.4 Å². The summed E-state index contributed by atoms with van der Waals surface area (Å²) in [5, 5.41) is 6.39. The molecule has 35 heavy (non-hydrogen) atoms. The predicted molar refractivity (Wildman–Crippen MR) is 134 cm³/mol. The lowest BCUT2D eigenvalue weighted by molar-refractivity contribution is 0.103. The predicted octanol–water partition coefficient (Wildman–Crippen LogP) is 3.42. The van der Waals surface area contributed by atoms with Crippen molar-refractivity contribution in [1.29, 1.82) is 0 Å². The third-order valence-corrected chi connectivity index (χ3v) is 7.72. The van der Waals surface area contributed by atoms with Crippen molar-refractivity contribution in [3.05, 3.63) is 84.0 Å². The van der Waals surface area contributed by atoms with Crippen LogP contribution in [-0.2, 0) is 10.0 Å². The van der Waals surface area contributed by atoms with Crippen molar-refractivity contribution < 1.29 is 13.2 Å². The fraction of sp³-hybridized carbons (Fsp3) is 0.200. The minimum Gasteiger partial charge on any atom is -0.383 e. The summed E-state index contributed by atoms with van der Waals surface area (Å²) in [5.74, 6) is 0.216. The van der Waals surface area contributed by atoms with Crippen molar-refractivity contribution in [3.8, 4) is 11.3 Å². The molecular weight excluding hydrogens is 464 g/mol. The molecule has 2 N–H and O–H groups in total. The SMILES string of the molecule is C=CS(=O)(=O)N1CCC[C@@H](n2nc(-c3ccc(C(=O)c4ccccc4)cc3)c3c(N)ncnc32)C1. The van der Waals surface area contributed by atoms with Gasteiger partial charge in [-0.25, -0.2) is 23.1 Å². The molecule has 1 saturated heterocycles. The minimum absolute atomic E-state index is 0.0684. The van der Waals surface area contributed by atoms with Crippen molar-refractivity contribution in [3.63, 3.8) is 0 Å². The Kier molecular flexibility index (Phi) is 5.91. The number of piperidine rings is 1. The zero-order chi connectivity index (χ0) is 24.6. The van der Waals surface area contributed by atoms with Gasteiger partial charge in [0, 0.05) is 35.2 Å². The molecule has 1 atom stereocenters. The molecule has 4 aromatic rings. The summed E-state index contributed by atoms with van der Waals surface area (Å²) >= 11 is 0. The number of fused-ring (bicyclic) bond motifs is 1. The molecule has 10 heteroatoms. The first-order valence-corrected chi connectivity index (χ1v) is 12.7. The van der Waals surface area contributed by atoms with Crippen LogP contribution in [-0.4, -0.2) is 51.3 Å². The Morgan fingerprint density at radius 3 is 2.49 bits per heavy atom. The van der Waals surface area contributed by atoms with Crippen LogP contribution >= 0.6 is 0 Å². The van der Waals surface area contributed by atoms with Gasteiger partial charge in [-0.05, 0) is 12.8 Å². The average molecular weight is 489 g/mol. The van der Waals surface area contributed by atoms with Crippen LogP contribution in [0.25, 0.3) is 22.3 Å². The van der Waals surface area contributed by atoms with E-state index >= 15 is 0 Å². The molecule has 0 unspecified atom stereocenters. The summed E-state index contributed by atoms with van der Waals surface area (Å²) in [6, 6.07) is 16.0. The number of aromatic nitrogens is 4. The highest BCUT2D eigenvalue weighted by Gasteiger charge is 2.31. The van der Waals surface area contributed by atoms with Crippen molar-refractivity contribution in [2.45, 2.75) is 18.9 Å². The molecule has 3 heterocycles. The third-order valence-electron chi connectivity index (χ3n) is 6.25. The summed E-state index contributed by atoms with van der Waals surface area (Å²) in [7, 11) is -3.54. The van der Waals surface area contributed by atoms with Gasteiger partial charge < -0.3 is 5.73 Å². The van der Waals surface area contributed by atoms with Gasteiger partial charge in [-0.3, -0.25) is 4.79 Å². The minimum atomic E-state index is -3.54. The molecule has 2 aromatic heterocycles. The second kappa shape index (κ2) is 9.05. The number of benzene rings is 2. The molecule has 0 amide bonds. The number of carbonyl (C=O) groups excluding carboxylic acids is 1. The summed E-state index contributed by atoms with van der Waals surface area (Å²) in [6.07, 6.45) is 2.81. The van der Waals surface area contributed by atoms with Crippen LogP contribution in [0.2, 0.25) is 0 Å². The maximum absolute atomic E-state index is 12.8. The van der Waals surface area contributed by atoms with Crippen LogP contribution in [0, 0.1) is 0 Å². The Labute approximate surface area is 203 Å². The van der Waals surface area contributed by atoms with Gasteiger partial charge in [-0.2, -0.15) is 9.40 Å². The molecule has 0 spiro atoms. The second-order valence-electron chi connectivity index (χ2n) is 8.39. The molecule has 0 saturated carbocycles. The molecule has 2 aromatic carbocycles. The zero-order valence-corrected chi connectivity index (χ0v) is 19.7. The van der Waals surface area contributed by atoms with Crippen molar-refractivity contribution >= 4 is 32.7 Å². The van der Waals surface area contributed by atoms with E-state index in [1.54, 1.807) is 28.9 Å². The number of nitrogens with two attached hydrogens (primary N) is 1. The van der Waals surface area contributed by atoms with Gasteiger partial charge in [0.15, 0.2) is 11.4 Å². The molecule has 5 rings (SSSR count). The first-order valence-electron chi connectivity index (χ1n) is 11.2. The van der Waals surface area contributed by atoms with E-state index in [2.05, 4.69) is 16.5 Å². The molecule has 1 aliphatic heterocycles. The van der Waals surface area contributed by atoms with E-state index in [-0.39, 0.29) is 24.2 Å². The number of sulfonamides is 1. The second-order valence-corrected chi connectivity index (χ2v) is 10.3. The Morgan fingerprint density at radius 1 is 1.06 bits per heavy atom. The molecule has 1 fully saturated rings. The zero-order valence-electron chi connectivity index (χ0n) is 18.9. The van der Waals surface area contributed by atoms with Gasteiger partial charge >= 0.3 is 0 Å². The molecule has 1 aliphatic rings. The number of anilines is 1. The summed E-state index contributed by atoms with van der Waals surface area (Å²) in [4.78, 5) is 21.4. The number of hydrogen-bond donors (Lipinski definition) is 1. The van der Waals surface area contributed by atoms with Crippen LogP contribution in [0.4, 0.5) is 5.82 Å². The molecule has 9 nitrogen and oxygen atoms in total. The van der Waals surface area contributed by atoms with E-state index in [0.29, 0.717) is 40.8 Å².